The number of hydrogen-bond acceptors (Lipinski definition) is 2. The van der Waals surface area contributed by atoms with Crippen LogP contribution in [0.1, 0.15) is 6.42 Å². The summed E-state index contributed by atoms with van der Waals surface area (Å²) < 4.78 is 5.04. The Morgan fingerprint density at radius 1 is 1.60 bits per heavy atom. The maximum absolute atomic E-state index is 8.99. The van der Waals surface area contributed by atoms with Crippen LogP contribution < -0.4 is 0 Å². The van der Waals surface area contributed by atoms with Crippen LogP contribution in [0.3, 0.4) is 0 Å². The van der Waals surface area contributed by atoms with Crippen molar-refractivity contribution in [3.63, 3.8) is 0 Å². The first-order valence-corrected chi connectivity index (χ1v) is 3.30. The molecule has 1 aliphatic heterocycles. The summed E-state index contributed by atoms with van der Waals surface area (Å²) in [6.45, 7) is 0. The van der Waals surface area contributed by atoms with E-state index in [0.717, 1.165) is 17.8 Å². The molecule has 0 aromatic heterocycles. The molecule has 2 aliphatic rings. The van der Waals surface area contributed by atoms with Crippen LogP contribution in [0.4, 0.5) is 0 Å². The van der Waals surface area contributed by atoms with E-state index in [9.17, 15) is 0 Å². The summed E-state index contributed by atoms with van der Waals surface area (Å²) in [5.74, 6) is 0.815. The van der Waals surface area contributed by atoms with Gasteiger partial charge in [-0.15, -0.1) is 0 Å². The van der Waals surface area contributed by atoms with E-state index in [1.165, 1.54) is 0 Å². The van der Waals surface area contributed by atoms with Gasteiger partial charge < -0.3 is 9.84 Å². The van der Waals surface area contributed by atoms with E-state index >= 15 is 0 Å². The molecule has 52 valence electrons. The number of fused-ring (bicyclic) bond motifs is 1. The highest BCUT2D eigenvalue weighted by molar-refractivity contribution is 5.42. The van der Waals surface area contributed by atoms with Crippen molar-refractivity contribution >= 4 is 0 Å². The Morgan fingerprint density at radius 2 is 2.50 bits per heavy atom. The molecule has 1 unspecified atom stereocenters. The second-order valence-electron chi connectivity index (χ2n) is 2.34. The standard InChI is InChI=1S/C8H8O2/c9-8-5-6-3-1-2-4-7(6)10-8/h1,3-5,8-9H,2H2. The Hall–Kier alpha value is -1.02. The molecule has 2 rings (SSSR count). The molecule has 0 aromatic carbocycles. The number of aliphatic hydroxyl groups is 1. The van der Waals surface area contributed by atoms with Crippen LogP contribution in [0.15, 0.2) is 35.6 Å². The normalized spacial score (nSPS) is 28.7. The van der Waals surface area contributed by atoms with Crippen molar-refractivity contribution < 1.29 is 9.84 Å². The third-order valence-electron chi connectivity index (χ3n) is 1.59. The molecule has 0 bridgehead atoms. The van der Waals surface area contributed by atoms with E-state index in [4.69, 9.17) is 9.84 Å². The number of ether oxygens (including phenoxy) is 1. The predicted octanol–water partition coefficient (Wildman–Crippen LogP) is 1.11. The van der Waals surface area contributed by atoms with Gasteiger partial charge in [-0.25, -0.2) is 0 Å². The lowest BCUT2D eigenvalue weighted by atomic mass is 10.1. The summed E-state index contributed by atoms with van der Waals surface area (Å²) >= 11 is 0. The van der Waals surface area contributed by atoms with Crippen LogP contribution >= 0.6 is 0 Å². The van der Waals surface area contributed by atoms with Gasteiger partial charge in [-0.1, -0.05) is 12.2 Å². The van der Waals surface area contributed by atoms with Crippen LogP contribution in [-0.4, -0.2) is 11.4 Å². The second-order valence-corrected chi connectivity index (χ2v) is 2.34. The first-order valence-electron chi connectivity index (χ1n) is 3.30. The average Bonchev–Trinajstić information content (AvgIpc) is 2.27. The van der Waals surface area contributed by atoms with Gasteiger partial charge in [-0.3, -0.25) is 0 Å². The van der Waals surface area contributed by atoms with Gasteiger partial charge in [0, 0.05) is 5.57 Å². The lowest BCUT2D eigenvalue weighted by Crippen LogP contribution is -1.99. The molecule has 0 spiro atoms. The topological polar surface area (TPSA) is 29.5 Å². The maximum atomic E-state index is 8.99. The van der Waals surface area contributed by atoms with Gasteiger partial charge in [-0.05, 0) is 18.6 Å². The third kappa shape index (κ3) is 0.772. The zero-order valence-electron chi connectivity index (χ0n) is 5.45. The molecule has 1 N–H and O–H groups in total. The molecule has 0 amide bonds. The van der Waals surface area contributed by atoms with Gasteiger partial charge in [0.1, 0.15) is 5.76 Å². The van der Waals surface area contributed by atoms with Gasteiger partial charge >= 0.3 is 0 Å². The first kappa shape index (κ1) is 5.74. The first-order chi connectivity index (χ1) is 4.86. The molecule has 1 heterocycles. The average molecular weight is 136 g/mol. The van der Waals surface area contributed by atoms with Crippen molar-refractivity contribution in [2.75, 3.05) is 0 Å². The zero-order valence-corrected chi connectivity index (χ0v) is 5.45. The predicted molar refractivity (Wildman–Crippen MR) is 37.0 cm³/mol. The van der Waals surface area contributed by atoms with Crippen LogP contribution in [0.5, 0.6) is 0 Å². The van der Waals surface area contributed by atoms with E-state index in [0.29, 0.717) is 0 Å². The second kappa shape index (κ2) is 1.99. The van der Waals surface area contributed by atoms with E-state index < -0.39 is 6.29 Å². The molecule has 2 nitrogen and oxygen atoms in total. The summed E-state index contributed by atoms with van der Waals surface area (Å²) in [6, 6.07) is 0. The molecule has 0 saturated carbocycles. The lowest BCUT2D eigenvalue weighted by Gasteiger charge is -2.05. The Balaban J connectivity index is 2.34. The highest BCUT2D eigenvalue weighted by Crippen LogP contribution is 2.26. The highest BCUT2D eigenvalue weighted by Gasteiger charge is 2.18. The zero-order chi connectivity index (χ0) is 6.97. The molecule has 0 radical (unpaired) electrons. The quantitative estimate of drug-likeness (QED) is 0.540. The van der Waals surface area contributed by atoms with Gasteiger partial charge in [0.2, 0.25) is 6.29 Å². The van der Waals surface area contributed by atoms with Crippen molar-refractivity contribution in [1.82, 2.24) is 0 Å². The third-order valence-corrected chi connectivity index (χ3v) is 1.59. The Labute approximate surface area is 59.1 Å². The molecule has 2 heteroatoms. The van der Waals surface area contributed by atoms with Crippen molar-refractivity contribution in [3.8, 4) is 0 Å². The van der Waals surface area contributed by atoms with Crippen molar-refractivity contribution in [1.29, 1.82) is 0 Å². The van der Waals surface area contributed by atoms with Gasteiger partial charge in [0.25, 0.3) is 0 Å². The van der Waals surface area contributed by atoms with Crippen LogP contribution in [0.25, 0.3) is 0 Å². The van der Waals surface area contributed by atoms with E-state index in [1.807, 2.05) is 18.2 Å². The van der Waals surface area contributed by atoms with Crippen molar-refractivity contribution in [3.05, 3.63) is 35.6 Å². The van der Waals surface area contributed by atoms with Crippen LogP contribution in [0.2, 0.25) is 0 Å². The maximum Gasteiger partial charge on any atom is 0.218 e. The SMILES string of the molecule is OC1C=C2C=CCC=C2O1. The molecule has 0 fully saturated rings. The number of rotatable bonds is 0. The number of aliphatic hydroxyl groups excluding tert-OH is 1. The Kier molecular flexibility index (Phi) is 1.14. The summed E-state index contributed by atoms with van der Waals surface area (Å²) in [7, 11) is 0. The Morgan fingerprint density at radius 3 is 3.30 bits per heavy atom. The molecule has 1 aliphatic carbocycles. The minimum atomic E-state index is -0.732. The summed E-state index contributed by atoms with van der Waals surface area (Å²) in [5.41, 5.74) is 0.999. The van der Waals surface area contributed by atoms with Gasteiger partial charge in [0.15, 0.2) is 0 Å². The van der Waals surface area contributed by atoms with Crippen LogP contribution in [0, 0.1) is 0 Å². The van der Waals surface area contributed by atoms with Crippen LogP contribution in [-0.2, 0) is 4.74 Å². The van der Waals surface area contributed by atoms with E-state index in [1.54, 1.807) is 6.08 Å². The molecule has 10 heavy (non-hydrogen) atoms. The molecular formula is C8H8O2. The smallest absolute Gasteiger partial charge is 0.218 e. The van der Waals surface area contributed by atoms with Gasteiger partial charge in [0.05, 0.1) is 0 Å². The summed E-state index contributed by atoms with van der Waals surface area (Å²) in [6.07, 6.45) is 7.83. The molecule has 0 aromatic rings. The fourth-order valence-corrected chi connectivity index (χ4v) is 1.14. The van der Waals surface area contributed by atoms with E-state index in [2.05, 4.69) is 0 Å². The largest absolute Gasteiger partial charge is 0.461 e. The van der Waals surface area contributed by atoms with Crippen molar-refractivity contribution in [2.24, 2.45) is 0 Å². The Bertz CT molecular complexity index is 236. The lowest BCUT2D eigenvalue weighted by molar-refractivity contribution is -0.0108. The molecule has 1 atom stereocenters. The summed E-state index contributed by atoms with van der Waals surface area (Å²) in [5, 5.41) is 8.99. The minimum absolute atomic E-state index is 0.732. The minimum Gasteiger partial charge on any atom is -0.461 e. The highest BCUT2D eigenvalue weighted by atomic mass is 16.6. The molecular weight excluding hydrogens is 128 g/mol. The number of allylic oxidation sites excluding steroid dienone is 3. The monoisotopic (exact) mass is 136 g/mol. The fraction of sp³-hybridized carbons (Fsp3) is 0.250. The molecule has 0 saturated heterocycles. The summed E-state index contributed by atoms with van der Waals surface area (Å²) in [4.78, 5) is 0. The van der Waals surface area contributed by atoms with Gasteiger partial charge in [-0.2, -0.15) is 0 Å². The van der Waals surface area contributed by atoms with E-state index in [-0.39, 0.29) is 0 Å². The van der Waals surface area contributed by atoms with Crippen molar-refractivity contribution in [2.45, 2.75) is 12.7 Å². The number of hydrogen-bond donors (Lipinski definition) is 1. The fourth-order valence-electron chi connectivity index (χ4n) is 1.14.